The van der Waals surface area contributed by atoms with Crippen molar-refractivity contribution in [1.82, 2.24) is 0 Å². The van der Waals surface area contributed by atoms with Gasteiger partial charge in [-0.2, -0.15) is 0 Å². The lowest BCUT2D eigenvalue weighted by Crippen LogP contribution is -1.89. The molecule has 0 fully saturated rings. The number of rotatable bonds is 4. The van der Waals surface area contributed by atoms with Crippen molar-refractivity contribution in [1.29, 1.82) is 0 Å². The molecule has 0 saturated heterocycles. The molecule has 0 N–H and O–H groups in total. The molecule has 0 unspecified atom stereocenters. The summed E-state index contributed by atoms with van der Waals surface area (Å²) in [5, 5.41) is 0. The molecule has 0 aromatic heterocycles. The van der Waals surface area contributed by atoms with E-state index in [1.165, 1.54) is 47.9 Å². The third-order valence-corrected chi connectivity index (χ3v) is 3.05. The van der Waals surface area contributed by atoms with Crippen LogP contribution >= 0.6 is 0 Å². The number of hydrogen-bond acceptors (Lipinski definition) is 0. The van der Waals surface area contributed by atoms with Crippen molar-refractivity contribution in [2.24, 2.45) is 0 Å². The first kappa shape index (κ1) is 13.8. The van der Waals surface area contributed by atoms with Gasteiger partial charge in [0.1, 0.15) is 0 Å². The monoisotopic (exact) mass is 228 g/mol. The van der Waals surface area contributed by atoms with Gasteiger partial charge in [0, 0.05) is 12.0 Å². The fourth-order valence-corrected chi connectivity index (χ4v) is 2.17. The first-order valence-electron chi connectivity index (χ1n) is 6.72. The highest BCUT2D eigenvalue weighted by Gasteiger charge is 1.99. The van der Waals surface area contributed by atoms with Crippen molar-refractivity contribution in [2.75, 3.05) is 0 Å². The lowest BCUT2D eigenvalue weighted by atomic mass is 10.00. The van der Waals surface area contributed by atoms with Crippen LogP contribution in [0, 0.1) is 32.6 Å². The van der Waals surface area contributed by atoms with Crippen molar-refractivity contribution in [2.45, 2.75) is 59.8 Å². The van der Waals surface area contributed by atoms with Gasteiger partial charge in [-0.15, -0.1) is 0 Å². The second-order valence-corrected chi connectivity index (χ2v) is 4.89. The van der Waals surface area contributed by atoms with Gasteiger partial charge in [-0.3, -0.25) is 0 Å². The number of hydrogen-bond donors (Lipinski definition) is 0. The van der Waals surface area contributed by atoms with E-state index in [1.807, 2.05) is 0 Å². The fourth-order valence-electron chi connectivity index (χ4n) is 2.17. The Morgan fingerprint density at radius 3 is 2.18 bits per heavy atom. The minimum Gasteiger partial charge on any atom is -0.0979 e. The molecule has 0 aliphatic rings. The summed E-state index contributed by atoms with van der Waals surface area (Å²) in [5.41, 5.74) is 5.17. The van der Waals surface area contributed by atoms with Crippen LogP contribution in [-0.2, 0) is 0 Å². The minimum absolute atomic E-state index is 1.03. The van der Waals surface area contributed by atoms with E-state index < -0.39 is 0 Å². The van der Waals surface area contributed by atoms with Gasteiger partial charge in [-0.1, -0.05) is 55.7 Å². The van der Waals surface area contributed by atoms with E-state index in [2.05, 4.69) is 51.7 Å². The maximum atomic E-state index is 3.34. The molecule has 0 bridgehead atoms. The van der Waals surface area contributed by atoms with E-state index in [4.69, 9.17) is 0 Å². The van der Waals surface area contributed by atoms with Gasteiger partial charge in [0.2, 0.25) is 0 Å². The quantitative estimate of drug-likeness (QED) is 0.506. The normalized spacial score (nSPS) is 9.88. The van der Waals surface area contributed by atoms with Crippen molar-refractivity contribution < 1.29 is 0 Å². The third kappa shape index (κ3) is 4.65. The average Bonchev–Trinajstić information content (AvgIpc) is 2.26. The Morgan fingerprint density at radius 2 is 1.59 bits per heavy atom. The Labute approximate surface area is 106 Å². The topological polar surface area (TPSA) is 0 Å². The van der Waals surface area contributed by atoms with Crippen LogP contribution in [0.5, 0.6) is 0 Å². The van der Waals surface area contributed by atoms with Gasteiger partial charge < -0.3 is 0 Å². The predicted octanol–water partition coefficient (Wildman–Crippen LogP) is 4.93. The molecule has 0 heteroatoms. The van der Waals surface area contributed by atoms with E-state index in [-0.39, 0.29) is 0 Å². The summed E-state index contributed by atoms with van der Waals surface area (Å²) in [6, 6.07) is 4.43. The van der Waals surface area contributed by atoms with Crippen LogP contribution in [0.1, 0.15) is 61.3 Å². The number of benzene rings is 1. The van der Waals surface area contributed by atoms with Crippen molar-refractivity contribution in [3.8, 4) is 11.8 Å². The van der Waals surface area contributed by atoms with Gasteiger partial charge in [-0.05, 0) is 38.3 Å². The van der Waals surface area contributed by atoms with Crippen LogP contribution in [0.4, 0.5) is 0 Å². The molecule has 1 aromatic rings. The summed E-state index contributed by atoms with van der Waals surface area (Å²) in [6.45, 7) is 8.69. The summed E-state index contributed by atoms with van der Waals surface area (Å²) in [4.78, 5) is 0. The number of aryl methyl sites for hydroxylation is 3. The summed E-state index contributed by atoms with van der Waals surface area (Å²) < 4.78 is 0. The Hall–Kier alpha value is -1.22. The van der Waals surface area contributed by atoms with Crippen LogP contribution in [0.15, 0.2) is 12.1 Å². The van der Waals surface area contributed by atoms with Crippen LogP contribution in [0.25, 0.3) is 0 Å². The van der Waals surface area contributed by atoms with Crippen LogP contribution in [-0.4, -0.2) is 0 Å². The largest absolute Gasteiger partial charge is 0.0979 e. The molecule has 0 spiro atoms. The molecule has 0 atom stereocenters. The van der Waals surface area contributed by atoms with Gasteiger partial charge in [0.05, 0.1) is 0 Å². The number of unbranched alkanes of at least 4 members (excludes halogenated alkanes) is 4. The molecular weight excluding hydrogens is 204 g/mol. The Kier molecular flexibility index (Phi) is 5.84. The summed E-state index contributed by atoms with van der Waals surface area (Å²) in [6.07, 6.45) is 6.22. The highest BCUT2D eigenvalue weighted by Crippen LogP contribution is 2.15. The van der Waals surface area contributed by atoms with E-state index in [0.717, 1.165) is 6.42 Å². The highest BCUT2D eigenvalue weighted by atomic mass is 14.0. The first-order valence-corrected chi connectivity index (χ1v) is 6.72. The molecule has 0 aliphatic carbocycles. The predicted molar refractivity (Wildman–Crippen MR) is 76.3 cm³/mol. The zero-order valence-corrected chi connectivity index (χ0v) is 11.7. The van der Waals surface area contributed by atoms with Gasteiger partial charge in [0.25, 0.3) is 0 Å². The molecule has 1 rings (SSSR count). The van der Waals surface area contributed by atoms with Gasteiger partial charge >= 0.3 is 0 Å². The Bertz CT molecular complexity index is 392. The lowest BCUT2D eigenvalue weighted by Gasteiger charge is -2.04. The van der Waals surface area contributed by atoms with E-state index >= 15 is 0 Å². The SMILES string of the molecule is CCCCCCC#Cc1c(C)cc(C)cc1C. The molecule has 92 valence electrons. The second kappa shape index (κ2) is 7.17. The molecule has 17 heavy (non-hydrogen) atoms. The molecule has 0 saturated carbocycles. The average molecular weight is 228 g/mol. The highest BCUT2D eigenvalue weighted by molar-refractivity contribution is 5.48. The lowest BCUT2D eigenvalue weighted by molar-refractivity contribution is 0.679. The zero-order chi connectivity index (χ0) is 12.7. The summed E-state index contributed by atoms with van der Waals surface area (Å²) in [5.74, 6) is 6.65. The minimum atomic E-state index is 1.03. The maximum absolute atomic E-state index is 3.34. The maximum Gasteiger partial charge on any atom is 0.0303 e. The Balaban J connectivity index is 2.60. The third-order valence-electron chi connectivity index (χ3n) is 3.05. The molecule has 0 amide bonds. The first-order chi connectivity index (χ1) is 8.15. The standard InChI is InChI=1S/C17H24/c1-5-6-7-8-9-10-11-17-15(3)12-14(2)13-16(17)4/h12-13H,5-9H2,1-4H3. The van der Waals surface area contributed by atoms with Crippen molar-refractivity contribution >= 4 is 0 Å². The molecule has 0 nitrogen and oxygen atoms in total. The molecule has 0 aliphatic heterocycles. The summed E-state index contributed by atoms with van der Waals surface area (Å²) in [7, 11) is 0. The fraction of sp³-hybridized carbons (Fsp3) is 0.529. The second-order valence-electron chi connectivity index (χ2n) is 4.89. The molecule has 0 radical (unpaired) electrons. The smallest absolute Gasteiger partial charge is 0.0303 e. The van der Waals surface area contributed by atoms with Crippen LogP contribution in [0.3, 0.4) is 0 Å². The van der Waals surface area contributed by atoms with E-state index in [0.29, 0.717) is 0 Å². The molecular formula is C17H24. The van der Waals surface area contributed by atoms with Gasteiger partial charge in [0.15, 0.2) is 0 Å². The van der Waals surface area contributed by atoms with Crippen LogP contribution in [0.2, 0.25) is 0 Å². The van der Waals surface area contributed by atoms with Crippen molar-refractivity contribution in [3.05, 3.63) is 34.4 Å². The van der Waals surface area contributed by atoms with Gasteiger partial charge in [-0.25, -0.2) is 0 Å². The molecule has 1 aromatic carbocycles. The zero-order valence-electron chi connectivity index (χ0n) is 11.7. The Morgan fingerprint density at radius 1 is 0.941 bits per heavy atom. The van der Waals surface area contributed by atoms with E-state index in [1.54, 1.807) is 0 Å². The molecule has 0 heterocycles. The van der Waals surface area contributed by atoms with Crippen LogP contribution < -0.4 is 0 Å². The van der Waals surface area contributed by atoms with E-state index in [9.17, 15) is 0 Å². The summed E-state index contributed by atoms with van der Waals surface area (Å²) >= 11 is 0. The van der Waals surface area contributed by atoms with Crippen molar-refractivity contribution in [3.63, 3.8) is 0 Å².